The molecule has 0 amide bonds. The van der Waals surface area contributed by atoms with E-state index in [4.69, 9.17) is 0 Å². The summed E-state index contributed by atoms with van der Waals surface area (Å²) in [5.74, 6) is 0.546. The molecule has 0 bridgehead atoms. The van der Waals surface area contributed by atoms with Gasteiger partial charge in [0.2, 0.25) is 0 Å². The number of nitrogens with zero attached hydrogens (tertiary/aromatic N) is 2. The van der Waals surface area contributed by atoms with Crippen LogP contribution in [0.5, 0.6) is 11.5 Å². The normalized spacial score (nSPS) is 11.6. The van der Waals surface area contributed by atoms with Gasteiger partial charge in [-0.25, -0.2) is 0 Å². The first-order valence-electron chi connectivity index (χ1n) is 27.2. The van der Waals surface area contributed by atoms with Crippen LogP contribution >= 0.6 is 0 Å². The molecule has 0 spiro atoms. The van der Waals surface area contributed by atoms with Crippen LogP contribution < -0.4 is 4.90 Å². The molecule has 0 saturated carbocycles. The summed E-state index contributed by atoms with van der Waals surface area (Å²) in [4.78, 5) is 2.31. The topological polar surface area (TPSA) is 48.6 Å². The number of phenolic OH excluding ortho intramolecular Hbond substituents is 2. The molecule has 0 aliphatic rings. The summed E-state index contributed by atoms with van der Waals surface area (Å²) in [5.41, 5.74) is 17.6. The van der Waals surface area contributed by atoms with E-state index in [1.54, 1.807) is 0 Å². The lowest BCUT2D eigenvalue weighted by atomic mass is 9.91. The Kier molecular flexibility index (Phi) is 11.1. The molecule has 1 aromatic heterocycles. The predicted octanol–water partition coefficient (Wildman–Crippen LogP) is 20.6. The van der Waals surface area contributed by atoms with Crippen LogP contribution in [0.25, 0.3) is 126 Å². The van der Waals surface area contributed by atoms with Gasteiger partial charge in [0.05, 0.1) is 11.0 Å². The smallest absolute Gasteiger partial charge is 0.124 e. The Morgan fingerprint density at radius 1 is 0.250 bits per heavy atom. The third-order valence-corrected chi connectivity index (χ3v) is 16.2. The molecule has 0 aliphatic carbocycles. The first-order valence-corrected chi connectivity index (χ1v) is 27.2. The molecular formula is C76H50N2O2. The highest BCUT2D eigenvalue weighted by Crippen LogP contribution is 2.44. The van der Waals surface area contributed by atoms with Crippen LogP contribution in [0.4, 0.5) is 17.1 Å². The van der Waals surface area contributed by atoms with Gasteiger partial charge in [-0.2, -0.15) is 0 Å². The molecular weight excluding hydrogens is 973 g/mol. The third-order valence-electron chi connectivity index (χ3n) is 16.2. The van der Waals surface area contributed by atoms with Gasteiger partial charge >= 0.3 is 0 Å². The Bertz CT molecular complexity index is 4870. The van der Waals surface area contributed by atoms with Crippen molar-refractivity contribution in [1.29, 1.82) is 0 Å². The monoisotopic (exact) mass is 1020 g/mol. The molecule has 0 atom stereocenters. The Balaban J connectivity index is 0.770. The number of rotatable bonds is 9. The molecule has 376 valence electrons. The predicted molar refractivity (Wildman–Crippen MR) is 336 cm³/mol. The summed E-state index contributed by atoms with van der Waals surface area (Å²) in [5, 5.41) is 33.2. The number of benzene rings is 14. The lowest BCUT2D eigenvalue weighted by Gasteiger charge is -2.26. The second-order valence-electron chi connectivity index (χ2n) is 20.7. The molecule has 0 fully saturated rings. The Labute approximate surface area is 463 Å². The molecule has 0 aliphatic heterocycles. The van der Waals surface area contributed by atoms with Crippen molar-refractivity contribution in [3.8, 4) is 72.8 Å². The Hall–Kier alpha value is -10.7. The van der Waals surface area contributed by atoms with Gasteiger partial charge in [-0.3, -0.25) is 0 Å². The maximum atomic E-state index is 11.7. The van der Waals surface area contributed by atoms with Crippen LogP contribution in [0.2, 0.25) is 0 Å². The van der Waals surface area contributed by atoms with E-state index in [2.05, 4.69) is 264 Å². The van der Waals surface area contributed by atoms with Crippen molar-refractivity contribution in [1.82, 2.24) is 4.57 Å². The van der Waals surface area contributed by atoms with Crippen LogP contribution in [0.1, 0.15) is 0 Å². The van der Waals surface area contributed by atoms with Gasteiger partial charge in [0, 0.05) is 44.3 Å². The Morgan fingerprint density at radius 2 is 0.688 bits per heavy atom. The Morgan fingerprint density at radius 3 is 1.36 bits per heavy atom. The molecule has 80 heavy (non-hydrogen) atoms. The minimum Gasteiger partial charge on any atom is -0.507 e. The number of anilines is 3. The highest BCUT2D eigenvalue weighted by atomic mass is 16.3. The van der Waals surface area contributed by atoms with E-state index >= 15 is 0 Å². The van der Waals surface area contributed by atoms with Crippen LogP contribution in [-0.2, 0) is 0 Å². The van der Waals surface area contributed by atoms with Gasteiger partial charge in [0.1, 0.15) is 11.5 Å². The molecule has 15 rings (SSSR count). The first-order chi connectivity index (χ1) is 39.5. The highest BCUT2D eigenvalue weighted by Gasteiger charge is 2.19. The summed E-state index contributed by atoms with van der Waals surface area (Å²) >= 11 is 0. The maximum absolute atomic E-state index is 11.7. The van der Waals surface area contributed by atoms with Crippen LogP contribution in [0, 0.1) is 0 Å². The second kappa shape index (κ2) is 19.1. The van der Waals surface area contributed by atoms with Crippen molar-refractivity contribution in [3.05, 3.63) is 291 Å². The highest BCUT2D eigenvalue weighted by molar-refractivity contribution is 6.18. The number of hydrogen-bond acceptors (Lipinski definition) is 3. The van der Waals surface area contributed by atoms with E-state index < -0.39 is 0 Å². The lowest BCUT2D eigenvalue weighted by molar-refractivity contribution is 0.481. The summed E-state index contributed by atoms with van der Waals surface area (Å²) in [6.45, 7) is 0. The van der Waals surface area contributed by atoms with Crippen molar-refractivity contribution in [2.45, 2.75) is 0 Å². The van der Waals surface area contributed by atoms with Crippen molar-refractivity contribution in [2.24, 2.45) is 0 Å². The van der Waals surface area contributed by atoms with Crippen molar-refractivity contribution < 1.29 is 10.2 Å². The van der Waals surface area contributed by atoms with E-state index in [0.717, 1.165) is 121 Å². The zero-order valence-electron chi connectivity index (χ0n) is 43.5. The zero-order valence-corrected chi connectivity index (χ0v) is 43.5. The summed E-state index contributed by atoms with van der Waals surface area (Å²) in [7, 11) is 0. The van der Waals surface area contributed by atoms with E-state index in [9.17, 15) is 10.2 Å². The number of para-hydroxylation sites is 2. The van der Waals surface area contributed by atoms with Gasteiger partial charge in [0.15, 0.2) is 0 Å². The van der Waals surface area contributed by atoms with E-state index in [1.165, 1.54) is 21.9 Å². The summed E-state index contributed by atoms with van der Waals surface area (Å²) in [6, 6.07) is 103. The fourth-order valence-corrected chi connectivity index (χ4v) is 12.3. The molecule has 15 aromatic rings. The lowest BCUT2D eigenvalue weighted by Crippen LogP contribution is -2.09. The SMILES string of the molecule is Oc1ccc(-c2ccc(N(c3ccc(-c4ccccc4)cc3)c3ccc(-c4cccc(-c5ccc6ccc7c(-c8ccc9c(c8)c8ccccc8n9-c8ccccc8)ccc(O)c7c6c5)c4)cc3)cc2)c2ccc3ccccc3c12. The minimum atomic E-state index is 0.263. The van der Waals surface area contributed by atoms with Crippen molar-refractivity contribution in [3.63, 3.8) is 0 Å². The molecule has 0 unspecified atom stereocenters. The third kappa shape index (κ3) is 7.92. The van der Waals surface area contributed by atoms with Gasteiger partial charge in [0.25, 0.3) is 0 Å². The minimum absolute atomic E-state index is 0.263. The zero-order chi connectivity index (χ0) is 53.3. The number of aromatic hydroxyl groups is 2. The van der Waals surface area contributed by atoms with Crippen molar-refractivity contribution in [2.75, 3.05) is 4.90 Å². The summed E-state index contributed by atoms with van der Waals surface area (Å²) < 4.78 is 2.34. The molecule has 2 N–H and O–H groups in total. The average Bonchev–Trinajstić information content (AvgIpc) is 4.05. The fraction of sp³-hybridized carbons (Fsp3) is 0. The first kappa shape index (κ1) is 46.6. The van der Waals surface area contributed by atoms with Gasteiger partial charge < -0.3 is 19.7 Å². The van der Waals surface area contributed by atoms with Gasteiger partial charge in [-0.05, 0) is 179 Å². The number of fused-ring (bicyclic) bond motifs is 9. The molecule has 0 saturated heterocycles. The average molecular weight is 1020 g/mol. The van der Waals surface area contributed by atoms with Gasteiger partial charge in [-0.1, -0.05) is 200 Å². The maximum Gasteiger partial charge on any atom is 0.124 e. The van der Waals surface area contributed by atoms with E-state index in [1.807, 2.05) is 36.4 Å². The quantitative estimate of drug-likeness (QED) is 0.142. The number of hydrogen-bond donors (Lipinski definition) is 2. The molecule has 4 heteroatoms. The summed E-state index contributed by atoms with van der Waals surface area (Å²) in [6.07, 6.45) is 0. The molecule has 4 nitrogen and oxygen atoms in total. The van der Waals surface area contributed by atoms with Crippen LogP contribution in [0.3, 0.4) is 0 Å². The molecule has 14 aromatic carbocycles. The largest absolute Gasteiger partial charge is 0.507 e. The standard InChI is InChI=1S/C76H50N2O2/c79-73-44-41-63(67-39-30-52-14-7-8-19-65(52)75(67)73)53-28-37-62(38-29-53)77(60-33-24-50(25-34-60)49-12-3-1-4-13-49)61-35-26-51(27-36-61)55-15-11-16-56(46-55)57-23-22-54-31-40-68-64(42-45-74(80)76(68)69(54)47-57)58-32-43-72-70(48-58)66-20-9-10-21-71(66)78(72)59-17-5-2-6-18-59/h1-48,79-80H. The number of aromatic nitrogens is 1. The fourth-order valence-electron chi connectivity index (χ4n) is 12.3. The van der Waals surface area contributed by atoms with Crippen LogP contribution in [-0.4, -0.2) is 14.8 Å². The van der Waals surface area contributed by atoms with E-state index in [-0.39, 0.29) is 11.5 Å². The number of phenols is 2. The second-order valence-corrected chi connectivity index (χ2v) is 20.7. The van der Waals surface area contributed by atoms with Crippen LogP contribution in [0.15, 0.2) is 291 Å². The van der Waals surface area contributed by atoms with E-state index in [0.29, 0.717) is 0 Å². The molecule has 0 radical (unpaired) electrons. The van der Waals surface area contributed by atoms with Crippen molar-refractivity contribution >= 4 is 82.0 Å². The van der Waals surface area contributed by atoms with Gasteiger partial charge in [-0.15, -0.1) is 0 Å². The molecule has 1 heterocycles.